The molecular formula is C12H16O3. The minimum Gasteiger partial charge on any atom is -0.493 e. The Morgan fingerprint density at radius 3 is 2.47 bits per heavy atom. The van der Waals surface area contributed by atoms with Crippen LogP contribution in [0.25, 0.3) is 0 Å². The van der Waals surface area contributed by atoms with Crippen molar-refractivity contribution in [1.29, 1.82) is 0 Å². The topological polar surface area (TPSA) is 38.7 Å². The van der Waals surface area contributed by atoms with E-state index >= 15 is 0 Å². The molecule has 1 saturated carbocycles. The molecule has 0 bridgehead atoms. The highest BCUT2D eigenvalue weighted by Crippen LogP contribution is 2.55. The first-order valence-electron chi connectivity index (χ1n) is 5.07. The van der Waals surface area contributed by atoms with E-state index in [2.05, 4.69) is 0 Å². The number of para-hydroxylation sites is 1. The van der Waals surface area contributed by atoms with Crippen molar-refractivity contribution < 1.29 is 14.6 Å². The zero-order valence-electron chi connectivity index (χ0n) is 9.28. The highest BCUT2D eigenvalue weighted by atomic mass is 16.5. The third kappa shape index (κ3) is 1.47. The number of aliphatic hydroxyl groups is 1. The summed E-state index contributed by atoms with van der Waals surface area (Å²) in [6, 6.07) is 5.60. The maximum Gasteiger partial charge on any atom is 0.166 e. The van der Waals surface area contributed by atoms with Crippen LogP contribution in [0.2, 0.25) is 0 Å². The van der Waals surface area contributed by atoms with Crippen molar-refractivity contribution in [3.63, 3.8) is 0 Å². The molecule has 1 aliphatic rings. The first-order chi connectivity index (χ1) is 7.13. The van der Waals surface area contributed by atoms with Gasteiger partial charge in [-0.2, -0.15) is 0 Å². The van der Waals surface area contributed by atoms with Crippen molar-refractivity contribution in [3.05, 3.63) is 23.8 Å². The highest BCUT2D eigenvalue weighted by molar-refractivity contribution is 5.51. The van der Waals surface area contributed by atoms with Crippen LogP contribution in [0.3, 0.4) is 0 Å². The van der Waals surface area contributed by atoms with E-state index in [4.69, 9.17) is 9.47 Å². The van der Waals surface area contributed by atoms with E-state index in [1.807, 2.05) is 25.1 Å². The maximum atomic E-state index is 10.3. The van der Waals surface area contributed by atoms with Gasteiger partial charge in [0, 0.05) is 5.56 Å². The Bertz CT molecular complexity index is 375. The first kappa shape index (κ1) is 10.3. The van der Waals surface area contributed by atoms with Gasteiger partial charge in [-0.25, -0.2) is 0 Å². The standard InChI is InChI=1S/C12H16O3/c1-8-7-12(8,13)9-5-4-6-10(14-2)11(9)15-3/h4-6,8,13H,7H2,1-3H3. The van der Waals surface area contributed by atoms with Crippen LogP contribution >= 0.6 is 0 Å². The van der Waals surface area contributed by atoms with E-state index in [0.717, 1.165) is 12.0 Å². The highest BCUT2D eigenvalue weighted by Gasteiger charge is 2.52. The second kappa shape index (κ2) is 3.42. The van der Waals surface area contributed by atoms with Crippen molar-refractivity contribution in [1.82, 2.24) is 0 Å². The number of hydrogen-bond acceptors (Lipinski definition) is 3. The van der Waals surface area contributed by atoms with E-state index in [1.165, 1.54) is 0 Å². The van der Waals surface area contributed by atoms with E-state index in [0.29, 0.717) is 17.4 Å². The second-order valence-corrected chi connectivity index (χ2v) is 4.07. The molecule has 0 aliphatic heterocycles. The number of methoxy groups -OCH3 is 2. The van der Waals surface area contributed by atoms with Crippen LogP contribution in [0.1, 0.15) is 18.9 Å². The Kier molecular flexibility index (Phi) is 2.35. The molecule has 0 saturated heterocycles. The molecule has 0 radical (unpaired) electrons. The molecule has 15 heavy (non-hydrogen) atoms. The molecular weight excluding hydrogens is 192 g/mol. The summed E-state index contributed by atoms with van der Waals surface area (Å²) in [6.07, 6.45) is 0.788. The van der Waals surface area contributed by atoms with E-state index in [-0.39, 0.29) is 0 Å². The summed E-state index contributed by atoms with van der Waals surface area (Å²) in [5, 5.41) is 10.3. The molecule has 0 spiro atoms. The van der Waals surface area contributed by atoms with Crippen molar-refractivity contribution in [2.24, 2.45) is 5.92 Å². The Labute approximate surface area is 89.6 Å². The molecule has 2 rings (SSSR count). The van der Waals surface area contributed by atoms with Gasteiger partial charge in [0.15, 0.2) is 11.5 Å². The number of benzene rings is 1. The lowest BCUT2D eigenvalue weighted by molar-refractivity contribution is 0.130. The molecule has 1 aromatic rings. The average molecular weight is 208 g/mol. The van der Waals surface area contributed by atoms with Gasteiger partial charge < -0.3 is 14.6 Å². The molecule has 1 fully saturated rings. The van der Waals surface area contributed by atoms with Crippen LogP contribution < -0.4 is 9.47 Å². The van der Waals surface area contributed by atoms with Crippen molar-refractivity contribution in [3.8, 4) is 11.5 Å². The van der Waals surface area contributed by atoms with E-state index < -0.39 is 5.60 Å². The van der Waals surface area contributed by atoms with Gasteiger partial charge in [0.25, 0.3) is 0 Å². The molecule has 1 aliphatic carbocycles. The summed E-state index contributed by atoms with van der Waals surface area (Å²) in [7, 11) is 3.19. The lowest BCUT2D eigenvalue weighted by Gasteiger charge is -2.16. The van der Waals surface area contributed by atoms with Gasteiger partial charge in [-0.05, 0) is 18.4 Å². The summed E-state index contributed by atoms with van der Waals surface area (Å²) in [4.78, 5) is 0. The Hall–Kier alpha value is -1.22. The van der Waals surface area contributed by atoms with Gasteiger partial charge in [-0.1, -0.05) is 19.1 Å². The maximum absolute atomic E-state index is 10.3. The summed E-state index contributed by atoms with van der Waals surface area (Å²) >= 11 is 0. The molecule has 0 amide bonds. The number of ether oxygens (including phenoxy) is 2. The summed E-state index contributed by atoms with van der Waals surface area (Å²) in [5.41, 5.74) is 0.108. The van der Waals surface area contributed by atoms with Gasteiger partial charge in [0.05, 0.1) is 19.8 Å². The average Bonchev–Trinajstić information content (AvgIpc) is 2.87. The van der Waals surface area contributed by atoms with Gasteiger partial charge in [-0.15, -0.1) is 0 Å². The Morgan fingerprint density at radius 2 is 2.00 bits per heavy atom. The molecule has 3 nitrogen and oxygen atoms in total. The molecule has 2 atom stereocenters. The molecule has 0 aromatic heterocycles. The smallest absolute Gasteiger partial charge is 0.166 e. The van der Waals surface area contributed by atoms with Crippen LogP contribution in [0, 0.1) is 5.92 Å². The second-order valence-electron chi connectivity index (χ2n) is 4.07. The minimum absolute atomic E-state index is 0.290. The summed E-state index contributed by atoms with van der Waals surface area (Å²) < 4.78 is 10.5. The Morgan fingerprint density at radius 1 is 1.33 bits per heavy atom. The molecule has 0 heterocycles. The third-order valence-corrected chi connectivity index (χ3v) is 3.14. The quantitative estimate of drug-likeness (QED) is 0.825. The zero-order valence-corrected chi connectivity index (χ0v) is 9.28. The van der Waals surface area contributed by atoms with Gasteiger partial charge in [0.1, 0.15) is 0 Å². The van der Waals surface area contributed by atoms with E-state index in [1.54, 1.807) is 14.2 Å². The fourth-order valence-corrected chi connectivity index (χ4v) is 2.01. The van der Waals surface area contributed by atoms with E-state index in [9.17, 15) is 5.11 Å². The number of rotatable bonds is 3. The fraction of sp³-hybridized carbons (Fsp3) is 0.500. The van der Waals surface area contributed by atoms with Crippen molar-refractivity contribution >= 4 is 0 Å². The molecule has 3 heteroatoms. The summed E-state index contributed by atoms with van der Waals surface area (Å²) in [5.74, 6) is 1.60. The van der Waals surface area contributed by atoms with Crippen LogP contribution in [0.15, 0.2) is 18.2 Å². The lowest BCUT2D eigenvalue weighted by Crippen LogP contribution is -2.10. The van der Waals surface area contributed by atoms with Crippen LogP contribution in [-0.4, -0.2) is 19.3 Å². The van der Waals surface area contributed by atoms with Gasteiger partial charge in [-0.3, -0.25) is 0 Å². The lowest BCUT2D eigenvalue weighted by atomic mass is 10.0. The van der Waals surface area contributed by atoms with Crippen LogP contribution in [-0.2, 0) is 5.60 Å². The molecule has 82 valence electrons. The largest absolute Gasteiger partial charge is 0.493 e. The SMILES string of the molecule is COc1cccc(C2(O)CC2C)c1OC. The molecule has 1 N–H and O–H groups in total. The number of hydrogen-bond donors (Lipinski definition) is 1. The van der Waals surface area contributed by atoms with Crippen molar-refractivity contribution in [2.45, 2.75) is 18.9 Å². The predicted octanol–water partition coefficient (Wildman–Crippen LogP) is 1.93. The van der Waals surface area contributed by atoms with Crippen LogP contribution in [0.4, 0.5) is 0 Å². The molecule has 2 unspecified atom stereocenters. The van der Waals surface area contributed by atoms with Gasteiger partial charge >= 0.3 is 0 Å². The minimum atomic E-state index is -0.722. The third-order valence-electron chi connectivity index (χ3n) is 3.14. The monoisotopic (exact) mass is 208 g/mol. The van der Waals surface area contributed by atoms with Crippen LogP contribution in [0.5, 0.6) is 11.5 Å². The van der Waals surface area contributed by atoms with Gasteiger partial charge in [0.2, 0.25) is 0 Å². The predicted molar refractivity (Wildman–Crippen MR) is 57.2 cm³/mol. The first-order valence-corrected chi connectivity index (χ1v) is 5.07. The zero-order chi connectivity index (χ0) is 11.1. The fourth-order valence-electron chi connectivity index (χ4n) is 2.01. The van der Waals surface area contributed by atoms with Crippen molar-refractivity contribution in [2.75, 3.05) is 14.2 Å². The summed E-state index contributed by atoms with van der Waals surface area (Å²) in [6.45, 7) is 2.03. The Balaban J connectivity index is 2.47. The molecule has 1 aromatic carbocycles. The normalized spacial score (nSPS) is 28.7.